The highest BCUT2D eigenvalue weighted by molar-refractivity contribution is 5.73. The molecule has 1 radical (unpaired) electrons. The van der Waals surface area contributed by atoms with Crippen molar-refractivity contribution in [2.24, 2.45) is 0 Å². The Labute approximate surface area is 67.5 Å². The highest BCUT2D eigenvalue weighted by Crippen LogP contribution is 2.15. The van der Waals surface area contributed by atoms with Gasteiger partial charge in [0.1, 0.15) is 0 Å². The van der Waals surface area contributed by atoms with Gasteiger partial charge in [-0.3, -0.25) is 0 Å². The third kappa shape index (κ3) is 2.78. The van der Waals surface area contributed by atoms with Gasteiger partial charge in [0.25, 0.3) is 0 Å². The molecule has 1 fully saturated rings. The number of amides is 2. The summed E-state index contributed by atoms with van der Waals surface area (Å²) in [6, 6.07) is 0.330. The Bertz CT molecular complexity index is 130. The molecule has 3 heteroatoms. The minimum absolute atomic E-state index is 0.0584. The molecular formula is C8H15N2O. The molecule has 0 aromatic carbocycles. The first kappa shape index (κ1) is 8.37. The van der Waals surface area contributed by atoms with Gasteiger partial charge in [-0.25, -0.2) is 4.79 Å². The lowest BCUT2D eigenvalue weighted by molar-refractivity contribution is 0.236. The highest BCUT2D eigenvalue weighted by atomic mass is 16.2. The van der Waals surface area contributed by atoms with Crippen molar-refractivity contribution in [3.63, 3.8) is 0 Å². The van der Waals surface area contributed by atoms with Gasteiger partial charge >= 0.3 is 6.03 Å². The van der Waals surface area contributed by atoms with Crippen LogP contribution < -0.4 is 10.6 Å². The molecule has 1 saturated carbocycles. The van der Waals surface area contributed by atoms with E-state index < -0.39 is 0 Å². The molecule has 0 atom stereocenters. The molecule has 0 spiro atoms. The summed E-state index contributed by atoms with van der Waals surface area (Å²) in [6.45, 7) is 0. The van der Waals surface area contributed by atoms with Crippen LogP contribution in [0.2, 0.25) is 0 Å². The van der Waals surface area contributed by atoms with Crippen molar-refractivity contribution in [3.05, 3.63) is 6.42 Å². The molecule has 63 valence electrons. The fourth-order valence-corrected chi connectivity index (χ4v) is 1.33. The van der Waals surface area contributed by atoms with Crippen LogP contribution in [-0.2, 0) is 0 Å². The highest BCUT2D eigenvalue weighted by Gasteiger charge is 2.14. The quantitative estimate of drug-likeness (QED) is 0.584. The summed E-state index contributed by atoms with van der Waals surface area (Å²) in [4.78, 5) is 10.8. The number of hydrogen-bond acceptors (Lipinski definition) is 1. The fraction of sp³-hybridized carbons (Fsp3) is 0.750. The third-order valence-corrected chi connectivity index (χ3v) is 2.00. The van der Waals surface area contributed by atoms with E-state index in [4.69, 9.17) is 0 Å². The second-order valence-electron chi connectivity index (χ2n) is 2.86. The van der Waals surface area contributed by atoms with Crippen LogP contribution in [0.1, 0.15) is 25.7 Å². The number of hydrogen-bond donors (Lipinski definition) is 2. The fourth-order valence-electron chi connectivity index (χ4n) is 1.33. The summed E-state index contributed by atoms with van der Waals surface area (Å²) >= 11 is 0. The van der Waals surface area contributed by atoms with Gasteiger partial charge in [-0.1, -0.05) is 0 Å². The van der Waals surface area contributed by atoms with E-state index in [0.29, 0.717) is 6.04 Å². The van der Waals surface area contributed by atoms with Gasteiger partial charge in [0.05, 0.1) is 0 Å². The number of nitrogens with one attached hydrogen (secondary N) is 2. The van der Waals surface area contributed by atoms with Crippen LogP contribution in [0.3, 0.4) is 0 Å². The maximum absolute atomic E-state index is 10.8. The zero-order valence-electron chi connectivity index (χ0n) is 6.89. The monoisotopic (exact) mass is 155 g/mol. The molecule has 0 saturated heterocycles. The van der Waals surface area contributed by atoms with E-state index in [1.54, 1.807) is 7.05 Å². The van der Waals surface area contributed by atoms with Gasteiger partial charge in [-0.2, -0.15) is 0 Å². The van der Waals surface area contributed by atoms with Crippen molar-refractivity contribution < 1.29 is 4.79 Å². The van der Waals surface area contributed by atoms with Gasteiger partial charge < -0.3 is 10.6 Å². The van der Waals surface area contributed by atoms with E-state index in [2.05, 4.69) is 17.1 Å². The molecule has 1 aliphatic carbocycles. The van der Waals surface area contributed by atoms with E-state index in [1.165, 1.54) is 0 Å². The molecule has 1 rings (SSSR count). The predicted molar refractivity (Wildman–Crippen MR) is 44.1 cm³/mol. The minimum atomic E-state index is -0.0584. The number of urea groups is 1. The van der Waals surface area contributed by atoms with E-state index in [1.807, 2.05) is 0 Å². The summed E-state index contributed by atoms with van der Waals surface area (Å²) in [5.41, 5.74) is 0. The number of carbonyl (C=O) groups excluding carboxylic acids is 1. The standard InChI is InChI=1S/C8H15N2O/c1-9-8(11)10-7-5-3-2-4-6-7/h2,7H,3-6H2,1H3,(H2,9,10,11). The first-order valence-corrected chi connectivity index (χ1v) is 4.13. The summed E-state index contributed by atoms with van der Waals surface area (Å²) < 4.78 is 0. The summed E-state index contributed by atoms with van der Waals surface area (Å²) in [5, 5.41) is 5.45. The average Bonchev–Trinajstić information content (AvgIpc) is 2.06. The minimum Gasteiger partial charge on any atom is -0.341 e. The van der Waals surface area contributed by atoms with Crippen LogP contribution in [0.5, 0.6) is 0 Å². The zero-order valence-corrected chi connectivity index (χ0v) is 6.89. The van der Waals surface area contributed by atoms with Crippen LogP contribution in [0, 0.1) is 6.42 Å². The Morgan fingerprint density at radius 2 is 2.09 bits per heavy atom. The molecular weight excluding hydrogens is 140 g/mol. The molecule has 2 N–H and O–H groups in total. The Morgan fingerprint density at radius 3 is 2.64 bits per heavy atom. The van der Waals surface area contributed by atoms with Gasteiger partial charge in [-0.05, 0) is 32.1 Å². The van der Waals surface area contributed by atoms with Gasteiger partial charge in [-0.15, -0.1) is 0 Å². The molecule has 0 aliphatic heterocycles. The van der Waals surface area contributed by atoms with E-state index >= 15 is 0 Å². The molecule has 0 aromatic heterocycles. The van der Waals surface area contributed by atoms with Crippen LogP contribution >= 0.6 is 0 Å². The normalized spacial score (nSPS) is 19.4. The lowest BCUT2D eigenvalue weighted by Crippen LogP contribution is -2.41. The number of carbonyl (C=O) groups is 1. The van der Waals surface area contributed by atoms with E-state index in [-0.39, 0.29) is 6.03 Å². The second kappa shape index (κ2) is 4.21. The topological polar surface area (TPSA) is 41.1 Å². The van der Waals surface area contributed by atoms with Crippen molar-refractivity contribution in [1.29, 1.82) is 0 Å². The smallest absolute Gasteiger partial charge is 0.314 e. The molecule has 0 unspecified atom stereocenters. The van der Waals surface area contributed by atoms with Gasteiger partial charge in [0, 0.05) is 13.1 Å². The first-order chi connectivity index (χ1) is 5.33. The zero-order chi connectivity index (χ0) is 8.10. The first-order valence-electron chi connectivity index (χ1n) is 4.13. The molecule has 0 bridgehead atoms. The summed E-state index contributed by atoms with van der Waals surface area (Å²) in [5.74, 6) is 0. The Morgan fingerprint density at radius 1 is 1.45 bits per heavy atom. The van der Waals surface area contributed by atoms with E-state index in [0.717, 1.165) is 25.7 Å². The van der Waals surface area contributed by atoms with Crippen molar-refractivity contribution in [1.82, 2.24) is 10.6 Å². The Hall–Kier alpha value is -0.730. The molecule has 0 aromatic rings. The van der Waals surface area contributed by atoms with E-state index in [9.17, 15) is 4.79 Å². The predicted octanol–water partition coefficient (Wildman–Crippen LogP) is 1.06. The van der Waals surface area contributed by atoms with Gasteiger partial charge in [0.15, 0.2) is 0 Å². The SMILES string of the molecule is CNC(=O)NC1CC[CH]CC1. The van der Waals surface area contributed by atoms with Crippen molar-refractivity contribution in [2.75, 3.05) is 7.05 Å². The summed E-state index contributed by atoms with van der Waals surface area (Å²) in [6.07, 6.45) is 6.73. The molecule has 1 aliphatic rings. The third-order valence-electron chi connectivity index (χ3n) is 2.00. The molecule has 11 heavy (non-hydrogen) atoms. The Kier molecular flexibility index (Phi) is 3.20. The maximum atomic E-state index is 10.8. The number of rotatable bonds is 1. The molecule has 0 heterocycles. The van der Waals surface area contributed by atoms with Crippen LogP contribution in [0.25, 0.3) is 0 Å². The van der Waals surface area contributed by atoms with Crippen LogP contribution in [0.4, 0.5) is 4.79 Å². The Balaban J connectivity index is 2.19. The maximum Gasteiger partial charge on any atom is 0.314 e. The van der Waals surface area contributed by atoms with Crippen molar-refractivity contribution >= 4 is 6.03 Å². The van der Waals surface area contributed by atoms with Crippen LogP contribution in [0.15, 0.2) is 0 Å². The van der Waals surface area contributed by atoms with Crippen LogP contribution in [-0.4, -0.2) is 19.1 Å². The molecule has 3 nitrogen and oxygen atoms in total. The lowest BCUT2D eigenvalue weighted by atomic mass is 9.96. The lowest BCUT2D eigenvalue weighted by Gasteiger charge is -2.22. The largest absolute Gasteiger partial charge is 0.341 e. The second-order valence-corrected chi connectivity index (χ2v) is 2.86. The van der Waals surface area contributed by atoms with Crippen molar-refractivity contribution in [2.45, 2.75) is 31.7 Å². The molecule has 2 amide bonds. The van der Waals surface area contributed by atoms with Gasteiger partial charge in [0.2, 0.25) is 0 Å². The summed E-state index contributed by atoms with van der Waals surface area (Å²) in [7, 11) is 1.64. The van der Waals surface area contributed by atoms with Crippen molar-refractivity contribution in [3.8, 4) is 0 Å². The average molecular weight is 155 g/mol.